The van der Waals surface area contributed by atoms with Crippen LogP contribution in [0.5, 0.6) is 0 Å². The van der Waals surface area contributed by atoms with Crippen LogP contribution in [0.25, 0.3) is 0 Å². The zero-order valence-corrected chi connectivity index (χ0v) is 12.2. The number of fused-ring (bicyclic) bond motifs is 1. The van der Waals surface area contributed by atoms with E-state index in [0.29, 0.717) is 23.8 Å². The summed E-state index contributed by atoms with van der Waals surface area (Å²) >= 11 is 0. The van der Waals surface area contributed by atoms with Gasteiger partial charge in [0, 0.05) is 24.5 Å². The molecule has 0 aromatic carbocycles. The normalized spacial score (nSPS) is 37.4. The second kappa shape index (κ2) is 5.08. The summed E-state index contributed by atoms with van der Waals surface area (Å²) in [4.78, 5) is 15.1. The Kier molecular flexibility index (Phi) is 3.59. The Bertz CT molecular complexity index is 349. The van der Waals surface area contributed by atoms with Gasteiger partial charge in [0.2, 0.25) is 5.91 Å². The molecule has 3 unspecified atom stereocenters. The average Bonchev–Trinajstić information content (AvgIpc) is 3.06. The molecule has 0 aromatic rings. The monoisotopic (exact) mass is 264 g/mol. The van der Waals surface area contributed by atoms with E-state index in [4.69, 9.17) is 5.73 Å². The molecular weight excluding hydrogens is 236 g/mol. The minimum Gasteiger partial charge on any atom is -0.342 e. The number of carbonyl (C=O) groups is 1. The molecule has 3 aliphatic rings. The standard InChI is InChI=1S/C16H28N2O/c1-2-16(8-3-4-9-16)15(19)18-10-12-6-5-7-14(17)13(12)11-18/h12-14H,2-11,17H2,1H3. The van der Waals surface area contributed by atoms with E-state index in [1.807, 2.05) is 0 Å². The maximum Gasteiger partial charge on any atom is 0.228 e. The molecule has 1 heterocycles. The maximum absolute atomic E-state index is 12.9. The first-order chi connectivity index (χ1) is 9.16. The van der Waals surface area contributed by atoms with Crippen molar-refractivity contribution >= 4 is 5.91 Å². The first kappa shape index (κ1) is 13.4. The fourth-order valence-electron chi connectivity index (χ4n) is 4.79. The molecule has 3 fully saturated rings. The molecule has 108 valence electrons. The van der Waals surface area contributed by atoms with Crippen molar-refractivity contribution in [3.8, 4) is 0 Å². The minimum absolute atomic E-state index is 0.0163. The van der Waals surface area contributed by atoms with E-state index in [0.717, 1.165) is 38.8 Å². The van der Waals surface area contributed by atoms with Gasteiger partial charge in [0.25, 0.3) is 0 Å². The number of hydrogen-bond donors (Lipinski definition) is 1. The Labute approximate surface area is 116 Å². The van der Waals surface area contributed by atoms with Crippen molar-refractivity contribution in [1.29, 1.82) is 0 Å². The summed E-state index contributed by atoms with van der Waals surface area (Å²) in [6.45, 7) is 4.11. The Morgan fingerprint density at radius 2 is 1.95 bits per heavy atom. The van der Waals surface area contributed by atoms with Gasteiger partial charge in [-0.2, -0.15) is 0 Å². The van der Waals surface area contributed by atoms with E-state index in [2.05, 4.69) is 11.8 Å². The first-order valence-corrected chi connectivity index (χ1v) is 8.21. The van der Waals surface area contributed by atoms with Crippen LogP contribution in [-0.2, 0) is 4.79 Å². The van der Waals surface area contributed by atoms with Gasteiger partial charge in [-0.25, -0.2) is 0 Å². The van der Waals surface area contributed by atoms with Crippen LogP contribution >= 0.6 is 0 Å². The highest BCUT2D eigenvalue weighted by molar-refractivity contribution is 5.83. The van der Waals surface area contributed by atoms with Crippen molar-refractivity contribution in [3.05, 3.63) is 0 Å². The molecule has 3 rings (SSSR count). The highest BCUT2D eigenvalue weighted by Gasteiger charge is 2.47. The van der Waals surface area contributed by atoms with Crippen LogP contribution in [0.4, 0.5) is 0 Å². The number of likely N-dealkylation sites (tertiary alicyclic amines) is 1. The molecular formula is C16H28N2O. The van der Waals surface area contributed by atoms with Gasteiger partial charge in [-0.15, -0.1) is 0 Å². The molecule has 19 heavy (non-hydrogen) atoms. The Hall–Kier alpha value is -0.570. The highest BCUT2D eigenvalue weighted by atomic mass is 16.2. The fourth-order valence-corrected chi connectivity index (χ4v) is 4.79. The molecule has 0 aromatic heterocycles. The molecule has 2 saturated carbocycles. The lowest BCUT2D eigenvalue weighted by Crippen LogP contribution is -2.42. The van der Waals surface area contributed by atoms with Crippen molar-refractivity contribution in [3.63, 3.8) is 0 Å². The molecule has 2 aliphatic carbocycles. The number of amides is 1. The van der Waals surface area contributed by atoms with Crippen molar-refractivity contribution < 1.29 is 4.79 Å². The number of nitrogens with zero attached hydrogens (tertiary/aromatic N) is 1. The van der Waals surface area contributed by atoms with Gasteiger partial charge in [-0.05, 0) is 43.9 Å². The first-order valence-electron chi connectivity index (χ1n) is 8.21. The van der Waals surface area contributed by atoms with Crippen molar-refractivity contribution in [2.24, 2.45) is 23.0 Å². The minimum atomic E-state index is -0.0163. The van der Waals surface area contributed by atoms with Crippen LogP contribution in [0.3, 0.4) is 0 Å². The Morgan fingerprint density at radius 1 is 1.21 bits per heavy atom. The highest BCUT2D eigenvalue weighted by Crippen LogP contribution is 2.45. The van der Waals surface area contributed by atoms with Crippen LogP contribution in [0.2, 0.25) is 0 Å². The lowest BCUT2D eigenvalue weighted by molar-refractivity contribution is -0.141. The molecule has 1 aliphatic heterocycles. The number of nitrogens with two attached hydrogens (primary N) is 1. The zero-order chi connectivity index (χ0) is 13.5. The smallest absolute Gasteiger partial charge is 0.228 e. The topological polar surface area (TPSA) is 46.3 Å². The van der Waals surface area contributed by atoms with Crippen LogP contribution in [0.15, 0.2) is 0 Å². The van der Waals surface area contributed by atoms with Crippen LogP contribution in [-0.4, -0.2) is 29.9 Å². The van der Waals surface area contributed by atoms with E-state index in [9.17, 15) is 4.79 Å². The summed E-state index contributed by atoms with van der Waals surface area (Å²) < 4.78 is 0. The Morgan fingerprint density at radius 3 is 2.58 bits per heavy atom. The molecule has 3 nitrogen and oxygen atoms in total. The second-order valence-electron chi connectivity index (χ2n) is 7.07. The Balaban J connectivity index is 1.71. The SMILES string of the molecule is CCC1(C(=O)N2CC3CCCC(N)C3C2)CCCC1. The van der Waals surface area contributed by atoms with Crippen molar-refractivity contribution in [2.75, 3.05) is 13.1 Å². The lowest BCUT2D eigenvalue weighted by Gasteiger charge is -2.31. The molecule has 0 radical (unpaired) electrons. The number of rotatable bonds is 2. The van der Waals surface area contributed by atoms with Crippen molar-refractivity contribution in [1.82, 2.24) is 4.90 Å². The lowest BCUT2D eigenvalue weighted by atomic mass is 9.78. The van der Waals surface area contributed by atoms with Gasteiger partial charge in [-0.3, -0.25) is 4.79 Å². The molecule has 0 spiro atoms. The predicted molar refractivity (Wildman–Crippen MR) is 76.6 cm³/mol. The third kappa shape index (κ3) is 2.20. The summed E-state index contributed by atoms with van der Waals surface area (Å²) in [5.41, 5.74) is 6.25. The van der Waals surface area contributed by atoms with Crippen LogP contribution < -0.4 is 5.73 Å². The molecule has 3 heteroatoms. The van der Waals surface area contributed by atoms with Gasteiger partial charge < -0.3 is 10.6 Å². The second-order valence-corrected chi connectivity index (χ2v) is 7.07. The van der Waals surface area contributed by atoms with E-state index in [-0.39, 0.29) is 5.41 Å². The van der Waals surface area contributed by atoms with Gasteiger partial charge in [-0.1, -0.05) is 26.2 Å². The maximum atomic E-state index is 12.9. The third-order valence-corrected chi connectivity index (χ3v) is 6.13. The van der Waals surface area contributed by atoms with Gasteiger partial charge in [0.1, 0.15) is 0 Å². The van der Waals surface area contributed by atoms with E-state index in [1.54, 1.807) is 0 Å². The van der Waals surface area contributed by atoms with E-state index in [1.165, 1.54) is 25.7 Å². The average molecular weight is 264 g/mol. The number of carbonyl (C=O) groups excluding carboxylic acids is 1. The van der Waals surface area contributed by atoms with Crippen LogP contribution in [0, 0.1) is 17.3 Å². The fraction of sp³-hybridized carbons (Fsp3) is 0.938. The molecule has 3 atom stereocenters. The third-order valence-electron chi connectivity index (χ3n) is 6.13. The molecule has 1 saturated heterocycles. The largest absolute Gasteiger partial charge is 0.342 e. The summed E-state index contributed by atoms with van der Waals surface area (Å²) in [5, 5.41) is 0. The number of hydrogen-bond acceptors (Lipinski definition) is 2. The van der Waals surface area contributed by atoms with Gasteiger partial charge in [0.05, 0.1) is 0 Å². The quantitative estimate of drug-likeness (QED) is 0.833. The molecule has 0 bridgehead atoms. The molecule has 1 amide bonds. The summed E-state index contributed by atoms with van der Waals surface area (Å²) in [6, 6.07) is 0.331. The zero-order valence-electron chi connectivity index (χ0n) is 12.2. The van der Waals surface area contributed by atoms with E-state index >= 15 is 0 Å². The van der Waals surface area contributed by atoms with E-state index < -0.39 is 0 Å². The predicted octanol–water partition coefficient (Wildman–Crippen LogP) is 2.54. The summed E-state index contributed by atoms with van der Waals surface area (Å²) in [7, 11) is 0. The summed E-state index contributed by atoms with van der Waals surface area (Å²) in [6.07, 6.45) is 9.40. The van der Waals surface area contributed by atoms with Gasteiger partial charge in [0.15, 0.2) is 0 Å². The summed E-state index contributed by atoms with van der Waals surface area (Å²) in [5.74, 6) is 1.71. The van der Waals surface area contributed by atoms with Gasteiger partial charge >= 0.3 is 0 Å². The van der Waals surface area contributed by atoms with Crippen molar-refractivity contribution in [2.45, 2.75) is 64.3 Å². The van der Waals surface area contributed by atoms with Crippen LogP contribution in [0.1, 0.15) is 58.3 Å². The molecule has 2 N–H and O–H groups in total.